The molecule has 0 radical (unpaired) electrons. The zero-order chi connectivity index (χ0) is 41.5. The summed E-state index contributed by atoms with van der Waals surface area (Å²) in [5, 5.41) is 10.1. The molecule has 0 unspecified atom stereocenters. The number of para-hydroxylation sites is 4. The number of benzene rings is 9. The monoisotopic (exact) mass is 818 g/mol. The number of nitrogens with zero attached hydrogens (tertiary/aromatic N) is 4. The van der Waals surface area contributed by atoms with Gasteiger partial charge in [-0.2, -0.15) is 0 Å². The van der Waals surface area contributed by atoms with E-state index in [1.54, 1.807) is 0 Å². The molecule has 0 spiro atoms. The van der Waals surface area contributed by atoms with Crippen molar-refractivity contribution in [3.8, 4) is 45.3 Å². The maximum atomic E-state index is 5.78. The van der Waals surface area contributed by atoms with Crippen molar-refractivity contribution in [2.75, 3.05) is 0 Å². The van der Waals surface area contributed by atoms with E-state index in [1.807, 2.05) is 0 Å². The molecule has 0 bridgehead atoms. The molecule has 1 aliphatic heterocycles. The van der Waals surface area contributed by atoms with Crippen LogP contribution in [0.3, 0.4) is 0 Å². The van der Waals surface area contributed by atoms with Gasteiger partial charge in [-0.15, -0.1) is 0 Å². The Morgan fingerprint density at radius 2 is 0.825 bits per heavy atom. The summed E-state index contributed by atoms with van der Waals surface area (Å²) >= 11 is 0. The Hall–Kier alpha value is -8.12. The summed E-state index contributed by atoms with van der Waals surface area (Å²) in [5.41, 5.74) is 12.1. The Morgan fingerprint density at radius 3 is 1.48 bits per heavy atom. The third kappa shape index (κ3) is 5.14. The van der Waals surface area contributed by atoms with Crippen LogP contribution in [0.25, 0.3) is 88.9 Å². The largest absolute Gasteiger partial charge is 0.309 e. The molecule has 12 aromatic rings. The Bertz CT molecular complexity index is 3690. The summed E-state index contributed by atoms with van der Waals surface area (Å²) in [5.74, 6) is 0.719. The van der Waals surface area contributed by atoms with E-state index in [2.05, 4.69) is 240 Å². The van der Waals surface area contributed by atoms with Crippen molar-refractivity contribution >= 4 is 72.4 Å². The lowest BCUT2D eigenvalue weighted by Crippen LogP contribution is -2.73. The second-order valence-electron chi connectivity index (χ2n) is 16.5. The molecule has 0 N–H and O–H groups in total. The smallest absolute Gasteiger partial charge is 0.185 e. The first-order valence-corrected chi connectivity index (χ1v) is 23.6. The van der Waals surface area contributed by atoms with Crippen LogP contribution in [0.1, 0.15) is 0 Å². The minimum absolute atomic E-state index is 0.719. The maximum Gasteiger partial charge on any atom is 0.185 e. The van der Waals surface area contributed by atoms with Crippen molar-refractivity contribution in [1.82, 2.24) is 19.1 Å². The van der Waals surface area contributed by atoms with Crippen molar-refractivity contribution in [2.45, 2.75) is 0 Å². The molecule has 0 amide bonds. The molecule has 9 aromatic carbocycles. The van der Waals surface area contributed by atoms with Gasteiger partial charge in [0, 0.05) is 49.1 Å². The number of hydrogen-bond acceptors (Lipinski definition) is 2. The topological polar surface area (TPSA) is 35.6 Å². The second kappa shape index (κ2) is 14.0. The molecule has 0 aliphatic carbocycles. The second-order valence-corrected chi connectivity index (χ2v) is 20.2. The zero-order valence-corrected chi connectivity index (χ0v) is 35.2. The highest BCUT2D eigenvalue weighted by Gasteiger charge is 2.52. The van der Waals surface area contributed by atoms with Crippen LogP contribution < -0.4 is 20.7 Å². The molecule has 4 heterocycles. The van der Waals surface area contributed by atoms with E-state index in [0.29, 0.717) is 0 Å². The molecule has 0 atom stereocenters. The average Bonchev–Trinajstić information content (AvgIpc) is 3.98. The van der Waals surface area contributed by atoms with Gasteiger partial charge in [0.05, 0.1) is 39.1 Å². The molecule has 4 nitrogen and oxygen atoms in total. The highest BCUT2D eigenvalue weighted by Crippen LogP contribution is 2.42. The van der Waals surface area contributed by atoms with Gasteiger partial charge >= 0.3 is 0 Å². The van der Waals surface area contributed by atoms with Crippen molar-refractivity contribution in [3.05, 3.63) is 231 Å². The minimum Gasteiger partial charge on any atom is -0.309 e. The summed E-state index contributed by atoms with van der Waals surface area (Å²) < 4.78 is 4.90. The third-order valence-corrected chi connectivity index (χ3v) is 18.1. The first-order valence-electron chi connectivity index (χ1n) is 21.6. The van der Waals surface area contributed by atoms with Crippen LogP contribution in [0, 0.1) is 0 Å². The van der Waals surface area contributed by atoms with E-state index in [-0.39, 0.29) is 0 Å². The standard InChI is InChI=1S/C58H38N4Si/c1-5-21-39(22-6-1)58-59-55(57-56(60-58)46-32-16-20-36-54(46)63(57,41-25-9-3-10-26-41)42-27-11-4-12-28-42)45-31-15-19-35-51(45)62-50-34-18-14-30-44(50)48-37-47-43-29-13-17-33-49(43)61(52(47)38-53(48)62)40-23-7-2-8-24-40/h1-38H. The van der Waals surface area contributed by atoms with Crippen molar-refractivity contribution in [3.63, 3.8) is 0 Å². The fourth-order valence-electron chi connectivity index (χ4n) is 10.6. The van der Waals surface area contributed by atoms with Gasteiger partial charge in [0.25, 0.3) is 0 Å². The Balaban J connectivity index is 1.18. The summed E-state index contributed by atoms with van der Waals surface area (Å²) in [6.07, 6.45) is 0. The Labute approximate surface area is 365 Å². The fourth-order valence-corrected chi connectivity index (χ4v) is 15.9. The molecular weight excluding hydrogens is 781 g/mol. The highest BCUT2D eigenvalue weighted by molar-refractivity contribution is 7.22. The highest BCUT2D eigenvalue weighted by atomic mass is 28.3. The van der Waals surface area contributed by atoms with Crippen LogP contribution in [0.4, 0.5) is 0 Å². The fraction of sp³-hybridized carbons (Fsp3) is 0. The van der Waals surface area contributed by atoms with Crippen LogP contribution in [-0.4, -0.2) is 27.2 Å². The molecule has 0 saturated carbocycles. The summed E-state index contributed by atoms with van der Waals surface area (Å²) in [6.45, 7) is 0. The molecule has 0 fully saturated rings. The van der Waals surface area contributed by atoms with Crippen LogP contribution >= 0.6 is 0 Å². The first-order chi connectivity index (χ1) is 31.3. The van der Waals surface area contributed by atoms with Crippen molar-refractivity contribution < 1.29 is 0 Å². The van der Waals surface area contributed by atoms with E-state index in [0.717, 1.165) is 50.7 Å². The number of fused-ring (bicyclic) bond motifs is 9. The number of rotatable bonds is 6. The molecule has 5 heteroatoms. The van der Waals surface area contributed by atoms with Crippen molar-refractivity contribution in [1.29, 1.82) is 0 Å². The Kier molecular flexibility index (Phi) is 7.89. The summed E-state index contributed by atoms with van der Waals surface area (Å²) in [6, 6.07) is 83.9. The van der Waals surface area contributed by atoms with E-state index in [4.69, 9.17) is 9.97 Å². The van der Waals surface area contributed by atoms with Gasteiger partial charge in [0.2, 0.25) is 0 Å². The minimum atomic E-state index is -3.03. The van der Waals surface area contributed by atoms with Gasteiger partial charge in [0.15, 0.2) is 13.9 Å². The normalized spacial score (nSPS) is 12.9. The lowest BCUT2D eigenvalue weighted by atomic mass is 10.0. The predicted octanol–water partition coefficient (Wildman–Crippen LogP) is 11.4. The van der Waals surface area contributed by atoms with Crippen LogP contribution in [0.15, 0.2) is 231 Å². The van der Waals surface area contributed by atoms with E-state index < -0.39 is 8.07 Å². The third-order valence-electron chi connectivity index (χ3n) is 13.2. The number of aromatic nitrogens is 4. The van der Waals surface area contributed by atoms with Gasteiger partial charge in [-0.3, -0.25) is 0 Å². The summed E-state index contributed by atoms with van der Waals surface area (Å²) in [4.78, 5) is 11.4. The van der Waals surface area contributed by atoms with Gasteiger partial charge in [-0.25, -0.2) is 9.97 Å². The molecule has 0 saturated heterocycles. The van der Waals surface area contributed by atoms with Crippen LogP contribution in [0.2, 0.25) is 0 Å². The maximum absolute atomic E-state index is 5.78. The number of hydrogen-bond donors (Lipinski definition) is 0. The molecule has 1 aliphatic rings. The lowest BCUT2D eigenvalue weighted by molar-refractivity contribution is 1.15. The SMILES string of the molecule is c1ccc(-c2nc(-c3ccccc3-n3c4ccccc4c4cc5c6ccccc6n(-c6ccccc6)c5cc43)c3c(n2)-c2ccccc2[Si]3(c2ccccc2)c2ccccc2)cc1. The quantitative estimate of drug-likeness (QED) is 0.157. The zero-order valence-electron chi connectivity index (χ0n) is 34.2. The average molecular weight is 819 g/mol. The van der Waals surface area contributed by atoms with Gasteiger partial charge in [-0.05, 0) is 58.0 Å². The predicted molar refractivity (Wildman–Crippen MR) is 264 cm³/mol. The molecule has 63 heavy (non-hydrogen) atoms. The molecule has 294 valence electrons. The summed E-state index contributed by atoms with van der Waals surface area (Å²) in [7, 11) is -3.03. The van der Waals surface area contributed by atoms with E-state index in [1.165, 1.54) is 58.9 Å². The van der Waals surface area contributed by atoms with E-state index >= 15 is 0 Å². The molecule has 13 rings (SSSR count). The van der Waals surface area contributed by atoms with E-state index in [9.17, 15) is 0 Å². The van der Waals surface area contributed by atoms with Gasteiger partial charge < -0.3 is 9.13 Å². The van der Waals surface area contributed by atoms with Gasteiger partial charge in [0.1, 0.15) is 0 Å². The molecule has 3 aromatic heterocycles. The van der Waals surface area contributed by atoms with Crippen molar-refractivity contribution in [2.24, 2.45) is 0 Å². The Morgan fingerprint density at radius 1 is 0.349 bits per heavy atom. The first kappa shape index (κ1) is 35.6. The van der Waals surface area contributed by atoms with Crippen LogP contribution in [0.5, 0.6) is 0 Å². The molecular formula is C58H38N4Si. The lowest BCUT2D eigenvalue weighted by Gasteiger charge is -2.32. The van der Waals surface area contributed by atoms with Gasteiger partial charge in [-0.1, -0.05) is 188 Å². The van der Waals surface area contributed by atoms with Crippen LogP contribution in [-0.2, 0) is 0 Å².